The molecule has 1 heterocycles. The molecule has 152 valence electrons. The number of aryl methyl sites for hydroxylation is 1. The number of halogens is 1. The largest absolute Gasteiger partial charge is 0.495 e. The van der Waals surface area contributed by atoms with Gasteiger partial charge in [0.1, 0.15) is 5.75 Å². The molecule has 0 atom stereocenters. The first kappa shape index (κ1) is 21.4. The van der Waals surface area contributed by atoms with E-state index in [4.69, 9.17) is 4.74 Å². The third-order valence-corrected chi connectivity index (χ3v) is 6.71. The van der Waals surface area contributed by atoms with E-state index < -0.39 is 10.0 Å². The van der Waals surface area contributed by atoms with Crippen molar-refractivity contribution in [1.29, 1.82) is 0 Å². The van der Waals surface area contributed by atoms with Gasteiger partial charge < -0.3 is 10.1 Å². The highest BCUT2D eigenvalue weighted by Gasteiger charge is 2.18. The van der Waals surface area contributed by atoms with Crippen molar-refractivity contribution in [3.05, 3.63) is 69.3 Å². The number of hydrogen-bond donors (Lipinski definition) is 2. The summed E-state index contributed by atoms with van der Waals surface area (Å²) in [6.07, 6.45) is 0.898. The summed E-state index contributed by atoms with van der Waals surface area (Å²) in [5.41, 5.74) is 1.83. The van der Waals surface area contributed by atoms with Crippen LogP contribution in [0.1, 0.15) is 12.0 Å². The lowest BCUT2D eigenvalue weighted by Crippen LogP contribution is -2.16. The molecule has 0 saturated carbocycles. The van der Waals surface area contributed by atoms with Crippen LogP contribution in [0.25, 0.3) is 0 Å². The molecule has 6 nitrogen and oxygen atoms in total. The van der Waals surface area contributed by atoms with Gasteiger partial charge in [0, 0.05) is 16.6 Å². The van der Waals surface area contributed by atoms with Crippen LogP contribution in [0, 0.1) is 0 Å². The van der Waals surface area contributed by atoms with E-state index in [-0.39, 0.29) is 17.2 Å². The van der Waals surface area contributed by atoms with Gasteiger partial charge in [0.15, 0.2) is 0 Å². The Morgan fingerprint density at radius 2 is 1.90 bits per heavy atom. The first-order chi connectivity index (χ1) is 13.9. The number of amides is 1. The van der Waals surface area contributed by atoms with Gasteiger partial charge in [-0.25, -0.2) is 8.42 Å². The van der Waals surface area contributed by atoms with E-state index in [0.717, 1.165) is 10.0 Å². The standard InChI is InChI=1S/C20H19BrN2O4S2/c1-27-19-8-7-17(29(25,26)23-16-5-3-15(21)4-6-16)12-18(19)22-20(24)9-2-14-10-11-28-13-14/h3-8,10-13,23H,2,9H2,1H3,(H,22,24). The van der Waals surface area contributed by atoms with Crippen LogP contribution in [0.4, 0.5) is 11.4 Å². The Kier molecular flexibility index (Phi) is 6.94. The Morgan fingerprint density at radius 1 is 1.14 bits per heavy atom. The van der Waals surface area contributed by atoms with Crippen LogP contribution in [-0.2, 0) is 21.2 Å². The van der Waals surface area contributed by atoms with Gasteiger partial charge in [-0.05, 0) is 71.3 Å². The van der Waals surface area contributed by atoms with Crippen LogP contribution >= 0.6 is 27.3 Å². The van der Waals surface area contributed by atoms with Crippen LogP contribution in [0.3, 0.4) is 0 Å². The molecule has 3 rings (SSSR count). The highest BCUT2D eigenvalue weighted by Crippen LogP contribution is 2.29. The molecule has 0 bridgehead atoms. The zero-order valence-corrected chi connectivity index (χ0v) is 18.7. The zero-order chi connectivity index (χ0) is 20.9. The van der Waals surface area contributed by atoms with Gasteiger partial charge in [-0.1, -0.05) is 15.9 Å². The molecule has 2 N–H and O–H groups in total. The first-order valence-corrected chi connectivity index (χ1v) is 11.9. The maximum absolute atomic E-state index is 12.7. The summed E-state index contributed by atoms with van der Waals surface area (Å²) in [6.45, 7) is 0. The van der Waals surface area contributed by atoms with Gasteiger partial charge in [-0.15, -0.1) is 0 Å². The number of nitrogens with one attached hydrogen (secondary N) is 2. The van der Waals surface area contributed by atoms with Crippen LogP contribution < -0.4 is 14.8 Å². The number of hydrogen-bond acceptors (Lipinski definition) is 5. The molecule has 0 aliphatic rings. The summed E-state index contributed by atoms with van der Waals surface area (Å²) in [5, 5.41) is 6.70. The van der Waals surface area contributed by atoms with Crippen molar-refractivity contribution < 1.29 is 17.9 Å². The number of ether oxygens (including phenoxy) is 1. The Bertz CT molecular complexity index is 1080. The number of sulfonamides is 1. The average Bonchev–Trinajstić information content (AvgIpc) is 3.22. The highest BCUT2D eigenvalue weighted by atomic mass is 79.9. The number of rotatable bonds is 8. The average molecular weight is 495 g/mol. The number of methoxy groups -OCH3 is 1. The second kappa shape index (κ2) is 9.43. The molecule has 0 fully saturated rings. The van der Waals surface area contributed by atoms with Crippen molar-refractivity contribution in [1.82, 2.24) is 0 Å². The molecule has 3 aromatic rings. The molecular weight excluding hydrogens is 476 g/mol. The third-order valence-electron chi connectivity index (χ3n) is 4.07. The number of carbonyl (C=O) groups excluding carboxylic acids is 1. The van der Waals surface area contributed by atoms with E-state index >= 15 is 0 Å². The fourth-order valence-electron chi connectivity index (χ4n) is 2.59. The predicted molar refractivity (Wildman–Crippen MR) is 119 cm³/mol. The normalized spacial score (nSPS) is 11.1. The van der Waals surface area contributed by atoms with Crippen LogP contribution in [0.5, 0.6) is 5.75 Å². The molecule has 0 unspecified atom stereocenters. The summed E-state index contributed by atoms with van der Waals surface area (Å²) >= 11 is 4.89. The van der Waals surface area contributed by atoms with Gasteiger partial charge in [-0.3, -0.25) is 9.52 Å². The minimum absolute atomic E-state index is 0.0225. The van der Waals surface area contributed by atoms with Crippen molar-refractivity contribution in [3.8, 4) is 5.75 Å². The minimum Gasteiger partial charge on any atom is -0.495 e. The smallest absolute Gasteiger partial charge is 0.261 e. The van der Waals surface area contributed by atoms with E-state index in [1.807, 2.05) is 16.8 Å². The fraction of sp³-hybridized carbons (Fsp3) is 0.150. The van der Waals surface area contributed by atoms with E-state index in [2.05, 4.69) is 26.0 Å². The lowest BCUT2D eigenvalue weighted by Gasteiger charge is -2.13. The molecule has 29 heavy (non-hydrogen) atoms. The summed E-state index contributed by atoms with van der Waals surface area (Å²) in [5.74, 6) is 0.168. The van der Waals surface area contributed by atoms with Crippen LogP contribution in [-0.4, -0.2) is 21.4 Å². The van der Waals surface area contributed by atoms with E-state index in [1.54, 1.807) is 35.6 Å². The van der Waals surface area contributed by atoms with Crippen LogP contribution in [0.2, 0.25) is 0 Å². The van der Waals surface area contributed by atoms with E-state index in [9.17, 15) is 13.2 Å². The summed E-state index contributed by atoms with van der Waals surface area (Å²) in [7, 11) is -2.37. The van der Waals surface area contributed by atoms with E-state index in [0.29, 0.717) is 23.5 Å². The van der Waals surface area contributed by atoms with Gasteiger partial charge in [-0.2, -0.15) is 11.3 Å². The number of benzene rings is 2. The van der Waals surface area contributed by atoms with Crippen molar-refractivity contribution in [2.24, 2.45) is 0 Å². The Morgan fingerprint density at radius 3 is 2.55 bits per heavy atom. The number of thiophene rings is 1. The molecule has 0 spiro atoms. The molecule has 0 aliphatic heterocycles. The van der Waals surface area contributed by atoms with Crippen molar-refractivity contribution in [2.75, 3.05) is 17.1 Å². The first-order valence-electron chi connectivity index (χ1n) is 8.65. The van der Waals surface area contributed by atoms with Gasteiger partial charge in [0.25, 0.3) is 10.0 Å². The zero-order valence-electron chi connectivity index (χ0n) is 15.5. The molecule has 1 aromatic heterocycles. The molecule has 0 radical (unpaired) electrons. The van der Waals surface area contributed by atoms with Gasteiger partial charge in [0.05, 0.1) is 17.7 Å². The van der Waals surface area contributed by atoms with Crippen molar-refractivity contribution in [3.63, 3.8) is 0 Å². The SMILES string of the molecule is COc1ccc(S(=O)(=O)Nc2ccc(Br)cc2)cc1NC(=O)CCc1ccsc1. The monoisotopic (exact) mass is 494 g/mol. The van der Waals surface area contributed by atoms with Crippen molar-refractivity contribution in [2.45, 2.75) is 17.7 Å². The minimum atomic E-state index is -3.83. The summed E-state index contributed by atoms with van der Waals surface area (Å²) in [6, 6.07) is 13.1. The second-order valence-corrected chi connectivity index (χ2v) is 9.53. The third kappa shape index (κ3) is 5.81. The Balaban J connectivity index is 1.76. The van der Waals surface area contributed by atoms with Gasteiger partial charge in [0.2, 0.25) is 5.91 Å². The number of carbonyl (C=O) groups is 1. The Labute approximate surface area is 182 Å². The van der Waals surface area contributed by atoms with Crippen LogP contribution in [0.15, 0.2) is 68.7 Å². The fourth-order valence-corrected chi connectivity index (χ4v) is 4.64. The molecular formula is C20H19BrN2O4S2. The maximum Gasteiger partial charge on any atom is 0.261 e. The maximum atomic E-state index is 12.7. The van der Waals surface area contributed by atoms with Gasteiger partial charge >= 0.3 is 0 Å². The second-order valence-electron chi connectivity index (χ2n) is 6.15. The predicted octanol–water partition coefficient (Wildman–Crippen LogP) is 4.89. The summed E-state index contributed by atoms with van der Waals surface area (Å²) < 4.78 is 34.1. The topological polar surface area (TPSA) is 84.5 Å². The van der Waals surface area contributed by atoms with Crippen molar-refractivity contribution >= 4 is 54.6 Å². The molecule has 0 aliphatic carbocycles. The number of anilines is 2. The quantitative estimate of drug-likeness (QED) is 0.466. The molecule has 2 aromatic carbocycles. The molecule has 1 amide bonds. The lowest BCUT2D eigenvalue weighted by molar-refractivity contribution is -0.116. The molecule has 0 saturated heterocycles. The van der Waals surface area contributed by atoms with E-state index in [1.165, 1.54) is 25.3 Å². The molecule has 9 heteroatoms. The lowest BCUT2D eigenvalue weighted by atomic mass is 10.2. The highest BCUT2D eigenvalue weighted by molar-refractivity contribution is 9.10. The Hall–Kier alpha value is -2.36. The summed E-state index contributed by atoms with van der Waals surface area (Å²) in [4.78, 5) is 12.3.